The maximum Gasteiger partial charge on any atom is 0.137 e. The lowest BCUT2D eigenvalue weighted by Gasteiger charge is -2.26. The molecule has 0 spiro atoms. The number of furan rings is 1. The first kappa shape index (κ1) is 35.2. The van der Waals surface area contributed by atoms with Crippen LogP contribution in [-0.2, 0) is 0 Å². The Morgan fingerprint density at radius 2 is 0.683 bits per heavy atom. The molecule has 0 atom stereocenters. The minimum atomic E-state index is 0.868. The van der Waals surface area contributed by atoms with Crippen LogP contribution in [0.25, 0.3) is 88.3 Å². The van der Waals surface area contributed by atoms with Crippen molar-refractivity contribution in [2.24, 2.45) is 0 Å². The van der Waals surface area contributed by atoms with Gasteiger partial charge in [0.1, 0.15) is 11.2 Å². The molecule has 0 unspecified atom stereocenters. The van der Waals surface area contributed by atoms with E-state index in [0.717, 1.165) is 44.6 Å². The fraction of sp³-hybridized carbons (Fsp3) is 0. The molecule has 1 aromatic heterocycles. The highest BCUT2D eigenvalue weighted by molar-refractivity contribution is 6.13. The van der Waals surface area contributed by atoms with Crippen LogP contribution in [0.2, 0.25) is 0 Å². The fourth-order valence-corrected chi connectivity index (χ4v) is 8.59. The molecule has 11 rings (SSSR count). The molecule has 11 aromatic rings. The zero-order valence-corrected chi connectivity index (χ0v) is 32.9. The summed E-state index contributed by atoms with van der Waals surface area (Å²) in [6.45, 7) is 0. The second-order valence-electron chi connectivity index (χ2n) is 15.3. The number of hydrogen-bond acceptors (Lipinski definition) is 2. The third-order valence-corrected chi connectivity index (χ3v) is 11.7. The maximum atomic E-state index is 6.38. The van der Waals surface area contributed by atoms with Gasteiger partial charge < -0.3 is 9.32 Å². The van der Waals surface area contributed by atoms with Gasteiger partial charge in [-0.25, -0.2) is 0 Å². The highest BCUT2D eigenvalue weighted by atomic mass is 16.3. The number of benzene rings is 10. The lowest BCUT2D eigenvalue weighted by Crippen LogP contribution is -2.10. The number of nitrogens with zero attached hydrogens (tertiary/aromatic N) is 1. The van der Waals surface area contributed by atoms with Crippen LogP contribution < -0.4 is 4.90 Å². The van der Waals surface area contributed by atoms with Crippen LogP contribution in [-0.4, -0.2) is 0 Å². The summed E-state index contributed by atoms with van der Waals surface area (Å²) in [6.07, 6.45) is 0. The molecule has 0 bridgehead atoms. The van der Waals surface area contributed by atoms with E-state index in [4.69, 9.17) is 4.42 Å². The molecule has 2 nitrogen and oxygen atoms in total. The summed E-state index contributed by atoms with van der Waals surface area (Å²) in [6, 6.07) is 84.8. The van der Waals surface area contributed by atoms with Crippen molar-refractivity contribution in [2.45, 2.75) is 0 Å². The van der Waals surface area contributed by atoms with Gasteiger partial charge in [0.2, 0.25) is 0 Å². The molecular weight excluding hydrogens is 727 g/mol. The second-order valence-corrected chi connectivity index (χ2v) is 15.3. The Kier molecular flexibility index (Phi) is 8.87. The highest BCUT2D eigenvalue weighted by Gasteiger charge is 2.20. The highest BCUT2D eigenvalue weighted by Crippen LogP contribution is 2.44. The van der Waals surface area contributed by atoms with Crippen molar-refractivity contribution >= 4 is 49.8 Å². The fourth-order valence-electron chi connectivity index (χ4n) is 8.59. The van der Waals surface area contributed by atoms with Gasteiger partial charge >= 0.3 is 0 Å². The zero-order valence-electron chi connectivity index (χ0n) is 32.9. The Labute approximate surface area is 349 Å². The molecule has 0 saturated heterocycles. The SMILES string of the molecule is c1ccc(-c2cccc(-c3ccc(N(c4ccc(-c5ccc(-c6cccc(-c7ccc8ccccc8c7)c6)cc5)cc4)c4cccc5oc6ccccc6c45)cc3)c2)cc1. The number of anilines is 3. The Bertz CT molecular complexity index is 3290. The first-order valence-electron chi connectivity index (χ1n) is 20.5. The number of hydrogen-bond donors (Lipinski definition) is 0. The van der Waals surface area contributed by atoms with E-state index in [9.17, 15) is 0 Å². The lowest BCUT2D eigenvalue weighted by atomic mass is 9.96. The average Bonchev–Trinajstić information content (AvgIpc) is 3.72. The molecule has 60 heavy (non-hydrogen) atoms. The van der Waals surface area contributed by atoms with E-state index in [1.165, 1.54) is 60.8 Å². The Balaban J connectivity index is 0.926. The van der Waals surface area contributed by atoms with Crippen LogP contribution in [0.5, 0.6) is 0 Å². The molecule has 0 aliphatic rings. The van der Waals surface area contributed by atoms with Crippen LogP contribution in [0.1, 0.15) is 0 Å². The summed E-state index contributed by atoms with van der Waals surface area (Å²) in [5, 5.41) is 4.71. The minimum absolute atomic E-state index is 0.868. The standard InChI is InChI=1S/C58H39NO/c1-2-11-40(12-3-1)47-15-8-16-48(37-47)45-31-35-53(36-32-45)59(55-20-10-22-57-58(55)54-19-6-7-21-56(54)60-57)52-33-29-43(30-34-52)42-23-25-44(26-24-42)49-17-9-18-50(38-49)51-28-27-41-13-4-5-14-46(41)39-51/h1-39H. The Morgan fingerprint density at radius 1 is 0.267 bits per heavy atom. The first-order chi connectivity index (χ1) is 29.7. The smallest absolute Gasteiger partial charge is 0.137 e. The molecule has 0 amide bonds. The quantitative estimate of drug-likeness (QED) is 0.153. The molecule has 2 heteroatoms. The van der Waals surface area contributed by atoms with Gasteiger partial charge in [0.15, 0.2) is 0 Å². The molecular formula is C58H39NO. The van der Waals surface area contributed by atoms with E-state index in [2.05, 4.69) is 229 Å². The second kappa shape index (κ2) is 15.1. The number of para-hydroxylation sites is 1. The summed E-state index contributed by atoms with van der Waals surface area (Å²) >= 11 is 0. The van der Waals surface area contributed by atoms with E-state index in [1.54, 1.807) is 0 Å². The number of fused-ring (bicyclic) bond motifs is 4. The lowest BCUT2D eigenvalue weighted by molar-refractivity contribution is 0.669. The van der Waals surface area contributed by atoms with E-state index >= 15 is 0 Å². The van der Waals surface area contributed by atoms with Crippen molar-refractivity contribution in [3.8, 4) is 55.6 Å². The van der Waals surface area contributed by atoms with Crippen LogP contribution in [0, 0.1) is 0 Å². The molecule has 0 radical (unpaired) electrons. The number of rotatable bonds is 8. The minimum Gasteiger partial charge on any atom is -0.456 e. The Hall–Kier alpha value is -7.94. The van der Waals surface area contributed by atoms with Gasteiger partial charge in [0.05, 0.1) is 11.1 Å². The Morgan fingerprint density at radius 3 is 1.32 bits per heavy atom. The predicted molar refractivity (Wildman–Crippen MR) is 253 cm³/mol. The van der Waals surface area contributed by atoms with Crippen LogP contribution in [0.4, 0.5) is 17.1 Å². The van der Waals surface area contributed by atoms with Gasteiger partial charge in [0, 0.05) is 16.8 Å². The van der Waals surface area contributed by atoms with E-state index in [1.807, 2.05) is 12.1 Å². The molecule has 0 aliphatic heterocycles. The summed E-state index contributed by atoms with van der Waals surface area (Å²) in [5.74, 6) is 0. The van der Waals surface area contributed by atoms with Crippen LogP contribution in [0.15, 0.2) is 241 Å². The predicted octanol–water partition coefficient (Wildman–Crippen LogP) is 16.5. The summed E-state index contributed by atoms with van der Waals surface area (Å²) in [5.41, 5.74) is 16.9. The molecule has 282 valence electrons. The molecule has 0 saturated carbocycles. The molecule has 10 aromatic carbocycles. The third-order valence-electron chi connectivity index (χ3n) is 11.7. The van der Waals surface area contributed by atoms with Crippen molar-refractivity contribution in [1.82, 2.24) is 0 Å². The summed E-state index contributed by atoms with van der Waals surface area (Å²) in [7, 11) is 0. The molecule has 1 heterocycles. The van der Waals surface area contributed by atoms with Crippen molar-refractivity contribution in [2.75, 3.05) is 4.90 Å². The van der Waals surface area contributed by atoms with Gasteiger partial charge in [-0.3, -0.25) is 0 Å². The topological polar surface area (TPSA) is 16.4 Å². The monoisotopic (exact) mass is 765 g/mol. The van der Waals surface area contributed by atoms with Gasteiger partial charge in [-0.05, 0) is 127 Å². The van der Waals surface area contributed by atoms with E-state index in [0.29, 0.717) is 0 Å². The average molecular weight is 766 g/mol. The van der Waals surface area contributed by atoms with Crippen molar-refractivity contribution in [1.29, 1.82) is 0 Å². The largest absolute Gasteiger partial charge is 0.456 e. The van der Waals surface area contributed by atoms with Gasteiger partial charge in [-0.1, -0.05) is 176 Å². The summed E-state index contributed by atoms with van der Waals surface area (Å²) < 4.78 is 6.38. The molecule has 0 N–H and O–H groups in total. The van der Waals surface area contributed by atoms with Gasteiger partial charge in [-0.2, -0.15) is 0 Å². The van der Waals surface area contributed by atoms with E-state index in [-0.39, 0.29) is 0 Å². The van der Waals surface area contributed by atoms with Crippen molar-refractivity contribution in [3.05, 3.63) is 237 Å². The van der Waals surface area contributed by atoms with Crippen LogP contribution >= 0.6 is 0 Å². The maximum absolute atomic E-state index is 6.38. The summed E-state index contributed by atoms with van der Waals surface area (Å²) in [4.78, 5) is 2.35. The van der Waals surface area contributed by atoms with Crippen molar-refractivity contribution in [3.63, 3.8) is 0 Å². The normalized spacial score (nSPS) is 11.3. The van der Waals surface area contributed by atoms with Crippen molar-refractivity contribution < 1.29 is 4.42 Å². The van der Waals surface area contributed by atoms with Crippen LogP contribution in [0.3, 0.4) is 0 Å². The first-order valence-corrected chi connectivity index (χ1v) is 20.5. The van der Waals surface area contributed by atoms with Gasteiger partial charge in [-0.15, -0.1) is 0 Å². The van der Waals surface area contributed by atoms with Gasteiger partial charge in [0.25, 0.3) is 0 Å². The third kappa shape index (κ3) is 6.61. The molecule has 0 fully saturated rings. The van der Waals surface area contributed by atoms with E-state index < -0.39 is 0 Å². The molecule has 0 aliphatic carbocycles. The zero-order chi connectivity index (χ0) is 39.8.